The average molecular weight is 391 g/mol. The Kier molecular flexibility index (Phi) is 20.3. The summed E-state index contributed by atoms with van der Waals surface area (Å²) in [6.07, 6.45) is 4.06. The van der Waals surface area contributed by atoms with Crippen molar-refractivity contribution in [3.63, 3.8) is 0 Å². The Hall–Kier alpha value is -1.10. The summed E-state index contributed by atoms with van der Waals surface area (Å²) >= 11 is 0. The molecule has 0 saturated carbocycles. The lowest BCUT2D eigenvalue weighted by molar-refractivity contribution is 0.00187. The standard InChI is InChI=1S/C18H38N4O5/c1-3-8-24-9-10-25-11-12-26-13-14-27-16-18(22-19)15-20-6-4-5-7-21-17(2)23/h15,17,21,23H,3-14,16,19H2,1-2H3. The van der Waals surface area contributed by atoms with E-state index in [0.29, 0.717) is 58.5 Å². The first-order valence-corrected chi connectivity index (χ1v) is 9.69. The number of hydrazone groups is 1. The lowest BCUT2D eigenvalue weighted by Crippen LogP contribution is -2.26. The summed E-state index contributed by atoms with van der Waals surface area (Å²) < 4.78 is 21.5. The molecule has 0 aromatic carbocycles. The number of ether oxygens (including phenoxy) is 4. The number of nitrogens with one attached hydrogen (secondary N) is 1. The lowest BCUT2D eigenvalue weighted by atomic mass is 10.3. The van der Waals surface area contributed by atoms with Gasteiger partial charge in [-0.3, -0.25) is 10.3 Å². The summed E-state index contributed by atoms with van der Waals surface area (Å²) in [6, 6.07) is 0. The number of hydrogen-bond acceptors (Lipinski definition) is 9. The Balaban J connectivity index is 3.41. The van der Waals surface area contributed by atoms with E-state index in [0.717, 1.165) is 32.4 Å². The van der Waals surface area contributed by atoms with E-state index in [4.69, 9.17) is 29.9 Å². The Morgan fingerprint density at radius 2 is 1.59 bits per heavy atom. The summed E-state index contributed by atoms with van der Waals surface area (Å²) in [5.41, 5.74) is 0.590. The number of rotatable bonds is 20. The van der Waals surface area contributed by atoms with Crippen molar-refractivity contribution >= 4 is 11.9 Å². The van der Waals surface area contributed by atoms with Gasteiger partial charge in [-0.1, -0.05) is 6.92 Å². The van der Waals surface area contributed by atoms with Gasteiger partial charge < -0.3 is 29.9 Å². The van der Waals surface area contributed by atoms with Crippen LogP contribution in [0, 0.1) is 0 Å². The molecule has 0 amide bonds. The smallest absolute Gasteiger partial charge is 0.103 e. The van der Waals surface area contributed by atoms with Gasteiger partial charge in [0.05, 0.1) is 46.2 Å². The van der Waals surface area contributed by atoms with Gasteiger partial charge in [0.2, 0.25) is 0 Å². The normalized spacial score (nSPS) is 13.5. The fraction of sp³-hybridized carbons (Fsp3) is 0.889. The fourth-order valence-corrected chi connectivity index (χ4v) is 1.90. The first-order valence-electron chi connectivity index (χ1n) is 9.69. The van der Waals surface area contributed by atoms with E-state index >= 15 is 0 Å². The maximum absolute atomic E-state index is 9.07. The van der Waals surface area contributed by atoms with Crippen molar-refractivity contribution < 1.29 is 24.1 Å². The predicted octanol–water partition coefficient (Wildman–Crippen LogP) is 0.556. The molecule has 0 saturated heterocycles. The number of aliphatic hydroxyl groups is 1. The van der Waals surface area contributed by atoms with Crippen molar-refractivity contribution in [1.29, 1.82) is 0 Å². The van der Waals surface area contributed by atoms with Crippen LogP contribution in [0.2, 0.25) is 0 Å². The van der Waals surface area contributed by atoms with E-state index in [1.165, 1.54) is 0 Å². The number of nitrogens with zero attached hydrogens (tertiary/aromatic N) is 2. The molecule has 27 heavy (non-hydrogen) atoms. The van der Waals surface area contributed by atoms with E-state index in [9.17, 15) is 0 Å². The van der Waals surface area contributed by atoms with Gasteiger partial charge >= 0.3 is 0 Å². The van der Waals surface area contributed by atoms with Crippen molar-refractivity contribution in [3.8, 4) is 0 Å². The molecule has 0 fully saturated rings. The Bertz CT molecular complexity index is 368. The fourth-order valence-electron chi connectivity index (χ4n) is 1.90. The van der Waals surface area contributed by atoms with Gasteiger partial charge in [0.15, 0.2) is 0 Å². The minimum atomic E-state index is -0.469. The topological polar surface area (TPSA) is 120 Å². The molecule has 160 valence electrons. The average Bonchev–Trinajstić information content (AvgIpc) is 2.66. The predicted molar refractivity (Wildman–Crippen MR) is 107 cm³/mol. The maximum Gasteiger partial charge on any atom is 0.103 e. The van der Waals surface area contributed by atoms with E-state index in [-0.39, 0.29) is 0 Å². The summed E-state index contributed by atoms with van der Waals surface area (Å²) in [5, 5.41) is 15.7. The van der Waals surface area contributed by atoms with Crippen LogP contribution >= 0.6 is 0 Å². The first kappa shape index (κ1) is 25.9. The van der Waals surface area contributed by atoms with Crippen LogP contribution in [-0.4, -0.2) is 89.2 Å². The molecule has 0 aliphatic carbocycles. The number of aliphatic hydroxyl groups excluding tert-OH is 1. The van der Waals surface area contributed by atoms with Crippen LogP contribution in [-0.2, 0) is 18.9 Å². The molecule has 0 aliphatic heterocycles. The van der Waals surface area contributed by atoms with Crippen LogP contribution in [0.5, 0.6) is 0 Å². The second-order valence-electron chi connectivity index (χ2n) is 5.88. The molecule has 0 aromatic rings. The Labute approximate surface area is 163 Å². The molecule has 9 heteroatoms. The van der Waals surface area contributed by atoms with Crippen molar-refractivity contribution in [3.05, 3.63) is 0 Å². The molecular weight excluding hydrogens is 352 g/mol. The molecule has 0 heterocycles. The Morgan fingerprint density at radius 1 is 1.00 bits per heavy atom. The zero-order valence-electron chi connectivity index (χ0n) is 16.9. The zero-order valence-corrected chi connectivity index (χ0v) is 16.9. The molecule has 4 N–H and O–H groups in total. The van der Waals surface area contributed by atoms with Gasteiger partial charge in [-0.05, 0) is 32.7 Å². The molecule has 0 aliphatic rings. The quantitative estimate of drug-likeness (QED) is 0.0913. The minimum absolute atomic E-state index is 0.304. The van der Waals surface area contributed by atoms with E-state index < -0.39 is 6.23 Å². The van der Waals surface area contributed by atoms with E-state index in [1.807, 2.05) is 0 Å². The molecule has 0 radical (unpaired) electrons. The van der Waals surface area contributed by atoms with Crippen LogP contribution in [0.1, 0.15) is 33.1 Å². The molecule has 0 bridgehead atoms. The SMILES string of the molecule is CCCOCCOCCOCCOCC(C=NCCCCNC(C)O)=NN. The highest BCUT2D eigenvalue weighted by Crippen LogP contribution is 1.89. The van der Waals surface area contributed by atoms with E-state index in [1.54, 1.807) is 13.1 Å². The molecular formula is C18H38N4O5. The largest absolute Gasteiger partial charge is 0.379 e. The summed E-state index contributed by atoms with van der Waals surface area (Å²) in [5.74, 6) is 5.33. The van der Waals surface area contributed by atoms with Gasteiger partial charge in [-0.25, -0.2) is 0 Å². The highest BCUT2D eigenvalue weighted by Gasteiger charge is 1.97. The van der Waals surface area contributed by atoms with Gasteiger partial charge in [-0.2, -0.15) is 5.10 Å². The van der Waals surface area contributed by atoms with Crippen LogP contribution in [0.3, 0.4) is 0 Å². The van der Waals surface area contributed by atoms with Crippen LogP contribution < -0.4 is 11.2 Å². The maximum atomic E-state index is 9.07. The monoisotopic (exact) mass is 390 g/mol. The Morgan fingerprint density at radius 3 is 2.15 bits per heavy atom. The third-order valence-corrected chi connectivity index (χ3v) is 3.27. The molecule has 9 nitrogen and oxygen atoms in total. The van der Waals surface area contributed by atoms with Crippen LogP contribution in [0.15, 0.2) is 10.1 Å². The van der Waals surface area contributed by atoms with Crippen molar-refractivity contribution in [1.82, 2.24) is 5.32 Å². The zero-order chi connectivity index (χ0) is 20.0. The van der Waals surface area contributed by atoms with Gasteiger partial charge in [0.1, 0.15) is 11.9 Å². The molecule has 0 aromatic heterocycles. The highest BCUT2D eigenvalue weighted by atomic mass is 16.6. The summed E-state index contributed by atoms with van der Waals surface area (Å²) in [7, 11) is 0. The number of unbranched alkanes of at least 4 members (excludes halogenated alkanes) is 1. The second-order valence-corrected chi connectivity index (χ2v) is 5.88. The number of nitrogens with two attached hydrogens (primary N) is 1. The summed E-state index contributed by atoms with van der Waals surface area (Å²) in [4.78, 5) is 4.27. The van der Waals surface area contributed by atoms with Crippen molar-refractivity contribution in [2.45, 2.75) is 39.3 Å². The summed E-state index contributed by atoms with van der Waals surface area (Å²) in [6.45, 7) is 9.54. The highest BCUT2D eigenvalue weighted by molar-refractivity contribution is 6.31. The van der Waals surface area contributed by atoms with Crippen LogP contribution in [0.4, 0.5) is 0 Å². The molecule has 0 rings (SSSR count). The number of hydrogen-bond donors (Lipinski definition) is 3. The lowest BCUT2D eigenvalue weighted by Gasteiger charge is -2.07. The van der Waals surface area contributed by atoms with Crippen molar-refractivity contribution in [2.24, 2.45) is 15.9 Å². The van der Waals surface area contributed by atoms with Gasteiger partial charge in [0, 0.05) is 19.4 Å². The van der Waals surface area contributed by atoms with Crippen LogP contribution in [0.25, 0.3) is 0 Å². The van der Waals surface area contributed by atoms with Gasteiger partial charge in [0.25, 0.3) is 0 Å². The number of aliphatic imine (C=N–C) groups is 1. The molecule has 1 atom stereocenters. The third kappa shape index (κ3) is 21.1. The first-order chi connectivity index (χ1) is 13.2. The second kappa shape index (κ2) is 21.2. The van der Waals surface area contributed by atoms with Gasteiger partial charge in [-0.15, -0.1) is 0 Å². The van der Waals surface area contributed by atoms with Crippen molar-refractivity contribution in [2.75, 3.05) is 65.9 Å². The van der Waals surface area contributed by atoms with E-state index in [2.05, 4.69) is 22.3 Å². The third-order valence-electron chi connectivity index (χ3n) is 3.27. The minimum Gasteiger partial charge on any atom is -0.379 e. The molecule has 0 spiro atoms. The molecule has 1 unspecified atom stereocenters.